The van der Waals surface area contributed by atoms with Gasteiger partial charge in [0.05, 0.1) is 25.3 Å². The molecule has 1 fully saturated rings. The number of nitrogens with zero attached hydrogens (tertiary/aromatic N) is 2. The van der Waals surface area contributed by atoms with E-state index in [0.717, 1.165) is 13.1 Å². The molecule has 1 saturated heterocycles. The number of amides is 2. The molecule has 1 heterocycles. The van der Waals surface area contributed by atoms with Crippen LogP contribution < -0.4 is 9.64 Å². The first-order valence-corrected chi connectivity index (χ1v) is 6.87. The maximum absolute atomic E-state index is 12.5. The van der Waals surface area contributed by atoms with Crippen molar-refractivity contribution in [1.82, 2.24) is 4.90 Å². The molecule has 5 nitrogen and oxygen atoms in total. The van der Waals surface area contributed by atoms with Gasteiger partial charge in [0.25, 0.3) is 5.91 Å². The van der Waals surface area contributed by atoms with Gasteiger partial charge in [-0.3, -0.25) is 14.5 Å². The van der Waals surface area contributed by atoms with E-state index in [9.17, 15) is 9.59 Å². The molecule has 0 spiro atoms. The highest BCUT2D eigenvalue weighted by Crippen LogP contribution is 2.27. The summed E-state index contributed by atoms with van der Waals surface area (Å²) in [5.74, 6) is 0.425. The Morgan fingerprint density at radius 1 is 1.20 bits per heavy atom. The quantitative estimate of drug-likeness (QED) is 0.768. The van der Waals surface area contributed by atoms with Crippen molar-refractivity contribution >= 4 is 17.5 Å². The number of imide groups is 1. The van der Waals surface area contributed by atoms with Gasteiger partial charge in [-0.15, -0.1) is 0 Å². The molecule has 2 rings (SSSR count). The van der Waals surface area contributed by atoms with Crippen molar-refractivity contribution in [3.05, 3.63) is 24.3 Å². The van der Waals surface area contributed by atoms with Gasteiger partial charge in [-0.05, 0) is 37.4 Å². The number of hydrogen-bond donors (Lipinski definition) is 0. The van der Waals surface area contributed by atoms with Crippen LogP contribution in [0.5, 0.6) is 5.75 Å². The highest BCUT2D eigenvalue weighted by atomic mass is 16.5. The molecule has 0 saturated carbocycles. The van der Waals surface area contributed by atoms with Crippen molar-refractivity contribution in [2.45, 2.75) is 26.3 Å². The molecule has 1 aliphatic rings. The van der Waals surface area contributed by atoms with Crippen LogP contribution in [0.2, 0.25) is 0 Å². The summed E-state index contributed by atoms with van der Waals surface area (Å²) >= 11 is 0. The van der Waals surface area contributed by atoms with Crippen molar-refractivity contribution in [2.75, 3.05) is 25.1 Å². The van der Waals surface area contributed by atoms with Gasteiger partial charge in [0.2, 0.25) is 5.91 Å². The normalized spacial score (nSPS) is 19.0. The Morgan fingerprint density at radius 2 is 1.80 bits per heavy atom. The number of carbonyl (C=O) groups is 2. The van der Waals surface area contributed by atoms with Crippen molar-refractivity contribution in [2.24, 2.45) is 0 Å². The van der Waals surface area contributed by atoms with E-state index in [2.05, 4.69) is 0 Å². The summed E-state index contributed by atoms with van der Waals surface area (Å²) in [5, 5.41) is 0. The van der Waals surface area contributed by atoms with Crippen molar-refractivity contribution in [3.8, 4) is 5.75 Å². The van der Waals surface area contributed by atoms with E-state index in [1.807, 2.05) is 18.7 Å². The first kappa shape index (κ1) is 14.5. The number of methoxy groups -OCH3 is 1. The van der Waals surface area contributed by atoms with Crippen LogP contribution in [0.15, 0.2) is 24.3 Å². The predicted octanol–water partition coefficient (Wildman–Crippen LogP) is 1.67. The average Bonchev–Trinajstić information content (AvgIpc) is 2.76. The van der Waals surface area contributed by atoms with E-state index in [1.165, 1.54) is 4.90 Å². The van der Waals surface area contributed by atoms with E-state index >= 15 is 0 Å². The van der Waals surface area contributed by atoms with Gasteiger partial charge in [-0.25, -0.2) is 4.90 Å². The minimum atomic E-state index is -0.334. The SMILES string of the molecule is CCN(CC)[C@H]1CC(=O)N(c2ccc(OC)cc2)C1=O. The van der Waals surface area contributed by atoms with E-state index < -0.39 is 0 Å². The summed E-state index contributed by atoms with van der Waals surface area (Å²) in [5.41, 5.74) is 0.607. The standard InChI is InChI=1S/C15H20N2O3/c1-4-16(5-2)13-10-14(18)17(15(13)19)11-6-8-12(20-3)9-7-11/h6-9,13H,4-5,10H2,1-3H3/t13-/m0/s1. The lowest BCUT2D eigenvalue weighted by molar-refractivity contribution is -0.122. The molecule has 1 aliphatic heterocycles. The van der Waals surface area contributed by atoms with Gasteiger partial charge >= 0.3 is 0 Å². The van der Waals surface area contributed by atoms with E-state index in [-0.39, 0.29) is 24.3 Å². The Labute approximate surface area is 119 Å². The molecule has 1 atom stereocenters. The Hall–Kier alpha value is -1.88. The molecule has 5 heteroatoms. The largest absolute Gasteiger partial charge is 0.497 e. The fourth-order valence-electron chi connectivity index (χ4n) is 2.57. The van der Waals surface area contributed by atoms with Gasteiger partial charge in [-0.2, -0.15) is 0 Å². The summed E-state index contributed by atoms with van der Waals surface area (Å²) in [4.78, 5) is 27.9. The lowest BCUT2D eigenvalue weighted by atomic mass is 10.2. The van der Waals surface area contributed by atoms with Crippen molar-refractivity contribution in [3.63, 3.8) is 0 Å². The number of hydrogen-bond acceptors (Lipinski definition) is 4. The Balaban J connectivity index is 2.23. The van der Waals surface area contributed by atoms with E-state index in [0.29, 0.717) is 11.4 Å². The molecule has 1 aromatic rings. The Bertz CT molecular complexity index is 494. The Kier molecular flexibility index (Phi) is 4.39. The zero-order valence-electron chi connectivity index (χ0n) is 12.1. The fourth-order valence-corrected chi connectivity index (χ4v) is 2.57. The van der Waals surface area contributed by atoms with Crippen LogP contribution in [0.25, 0.3) is 0 Å². The maximum Gasteiger partial charge on any atom is 0.251 e. The number of anilines is 1. The van der Waals surface area contributed by atoms with Crippen LogP contribution in [0, 0.1) is 0 Å². The van der Waals surface area contributed by atoms with Gasteiger partial charge in [0.15, 0.2) is 0 Å². The van der Waals surface area contributed by atoms with Crippen LogP contribution in [0.1, 0.15) is 20.3 Å². The summed E-state index contributed by atoms with van der Waals surface area (Å²) in [6.07, 6.45) is 0.256. The van der Waals surface area contributed by atoms with Gasteiger partial charge < -0.3 is 4.74 Å². The first-order valence-electron chi connectivity index (χ1n) is 6.87. The highest BCUT2D eigenvalue weighted by Gasteiger charge is 2.41. The molecular weight excluding hydrogens is 256 g/mol. The number of rotatable bonds is 5. The number of likely N-dealkylation sites (N-methyl/N-ethyl adjacent to an activating group) is 1. The summed E-state index contributed by atoms with van der Waals surface area (Å²) in [6, 6.07) is 6.64. The lowest BCUT2D eigenvalue weighted by Gasteiger charge is -2.24. The highest BCUT2D eigenvalue weighted by molar-refractivity contribution is 6.22. The number of benzene rings is 1. The van der Waals surface area contributed by atoms with Crippen LogP contribution in [-0.4, -0.2) is 43.0 Å². The number of ether oxygens (including phenoxy) is 1. The average molecular weight is 276 g/mol. The summed E-state index contributed by atoms with van der Waals surface area (Å²) < 4.78 is 5.08. The van der Waals surface area contributed by atoms with Gasteiger partial charge in [-0.1, -0.05) is 13.8 Å². The van der Waals surface area contributed by atoms with E-state index in [4.69, 9.17) is 4.74 Å². The zero-order valence-corrected chi connectivity index (χ0v) is 12.1. The molecule has 2 amide bonds. The van der Waals surface area contributed by atoms with Crippen LogP contribution >= 0.6 is 0 Å². The fraction of sp³-hybridized carbons (Fsp3) is 0.467. The molecule has 0 N–H and O–H groups in total. The van der Waals surface area contributed by atoms with Gasteiger partial charge in [0, 0.05) is 0 Å². The lowest BCUT2D eigenvalue weighted by Crippen LogP contribution is -2.41. The molecular formula is C15H20N2O3. The second-order valence-corrected chi connectivity index (χ2v) is 4.71. The monoisotopic (exact) mass is 276 g/mol. The van der Waals surface area contributed by atoms with Gasteiger partial charge in [0.1, 0.15) is 5.75 Å². The molecule has 0 radical (unpaired) electrons. The minimum absolute atomic E-state index is 0.135. The molecule has 1 aromatic carbocycles. The third-order valence-corrected chi connectivity index (χ3v) is 3.71. The predicted molar refractivity (Wildman–Crippen MR) is 76.8 cm³/mol. The van der Waals surface area contributed by atoms with Crippen LogP contribution in [0.4, 0.5) is 5.69 Å². The molecule has 0 bridgehead atoms. The maximum atomic E-state index is 12.5. The molecule has 0 unspecified atom stereocenters. The van der Waals surface area contributed by atoms with Crippen LogP contribution in [0.3, 0.4) is 0 Å². The molecule has 20 heavy (non-hydrogen) atoms. The summed E-state index contributed by atoms with van der Waals surface area (Å²) in [6.45, 7) is 5.52. The van der Waals surface area contributed by atoms with Crippen LogP contribution in [-0.2, 0) is 9.59 Å². The number of carbonyl (C=O) groups excluding carboxylic acids is 2. The molecule has 0 aromatic heterocycles. The second-order valence-electron chi connectivity index (χ2n) is 4.71. The molecule has 108 valence electrons. The third-order valence-electron chi connectivity index (χ3n) is 3.71. The first-order chi connectivity index (χ1) is 9.62. The Morgan fingerprint density at radius 3 is 2.30 bits per heavy atom. The zero-order chi connectivity index (χ0) is 14.7. The summed E-state index contributed by atoms with van der Waals surface area (Å²) in [7, 11) is 1.58. The topological polar surface area (TPSA) is 49.9 Å². The van der Waals surface area contributed by atoms with Crippen molar-refractivity contribution in [1.29, 1.82) is 0 Å². The van der Waals surface area contributed by atoms with E-state index in [1.54, 1.807) is 31.4 Å². The smallest absolute Gasteiger partial charge is 0.251 e. The molecule has 0 aliphatic carbocycles. The second kappa shape index (κ2) is 6.05. The van der Waals surface area contributed by atoms with Crippen molar-refractivity contribution < 1.29 is 14.3 Å². The third kappa shape index (κ3) is 2.54. The minimum Gasteiger partial charge on any atom is -0.497 e.